The Balaban J connectivity index is 2.49. The molecule has 8 heavy (non-hydrogen) atoms. The smallest absolute Gasteiger partial charge is 0.125 e. The van der Waals surface area contributed by atoms with Crippen LogP contribution in [-0.2, 0) is 0 Å². The summed E-state index contributed by atoms with van der Waals surface area (Å²) >= 11 is 0. The first-order valence-electron chi connectivity index (χ1n) is 2.70. The van der Waals surface area contributed by atoms with Gasteiger partial charge in [-0.1, -0.05) is 0 Å². The van der Waals surface area contributed by atoms with Gasteiger partial charge in [0, 0.05) is 13.6 Å². The van der Waals surface area contributed by atoms with Crippen LogP contribution in [-0.4, -0.2) is 42.6 Å². The van der Waals surface area contributed by atoms with Crippen LogP contribution in [0.3, 0.4) is 0 Å². The van der Waals surface area contributed by atoms with E-state index in [9.17, 15) is 0 Å². The first-order chi connectivity index (χ1) is 3.84. The summed E-state index contributed by atoms with van der Waals surface area (Å²) in [5.74, 6) is 0.810. The number of hydrogen-bond acceptors (Lipinski definition) is 3. The molecule has 0 aliphatic carbocycles. The van der Waals surface area contributed by atoms with Gasteiger partial charge in [0.15, 0.2) is 0 Å². The summed E-state index contributed by atoms with van der Waals surface area (Å²) in [7, 11) is 1.93. The lowest BCUT2D eigenvalue weighted by Crippen LogP contribution is -2.25. The molecule has 1 N–H and O–H groups in total. The van der Waals surface area contributed by atoms with Crippen molar-refractivity contribution in [2.75, 3.05) is 26.7 Å². The second-order valence-electron chi connectivity index (χ2n) is 1.88. The van der Waals surface area contributed by atoms with Crippen molar-refractivity contribution >= 4 is 5.84 Å². The van der Waals surface area contributed by atoms with Gasteiger partial charge < -0.3 is 10.0 Å². The summed E-state index contributed by atoms with van der Waals surface area (Å²) in [6.07, 6.45) is 0. The van der Waals surface area contributed by atoms with Crippen LogP contribution >= 0.6 is 0 Å². The Labute approximate surface area is 48.6 Å². The molecule has 0 amide bonds. The Bertz CT molecular complexity index is 111. The molecule has 0 unspecified atom stereocenters. The fraction of sp³-hybridized carbons (Fsp3) is 0.800. The molecular weight excluding hydrogens is 104 g/mol. The summed E-state index contributed by atoms with van der Waals surface area (Å²) in [6, 6.07) is 0. The SMILES string of the molecule is CN1CCN=C1CO. The molecule has 0 spiro atoms. The Kier molecular flexibility index (Phi) is 1.48. The molecule has 46 valence electrons. The van der Waals surface area contributed by atoms with E-state index in [0.29, 0.717) is 0 Å². The first-order valence-corrected chi connectivity index (χ1v) is 2.70. The largest absolute Gasteiger partial charge is 0.388 e. The molecule has 1 rings (SSSR count). The number of nitrogens with zero attached hydrogens (tertiary/aromatic N) is 2. The second kappa shape index (κ2) is 2.13. The monoisotopic (exact) mass is 114 g/mol. The molecule has 0 fully saturated rings. The molecule has 0 atom stereocenters. The fourth-order valence-electron chi connectivity index (χ4n) is 0.750. The summed E-state index contributed by atoms with van der Waals surface area (Å²) < 4.78 is 0. The zero-order valence-electron chi connectivity index (χ0n) is 4.96. The maximum atomic E-state index is 8.56. The highest BCUT2D eigenvalue weighted by Gasteiger charge is 2.08. The van der Waals surface area contributed by atoms with E-state index in [1.807, 2.05) is 11.9 Å². The minimum atomic E-state index is 0.0799. The van der Waals surface area contributed by atoms with E-state index in [2.05, 4.69) is 4.99 Å². The Morgan fingerprint density at radius 1 is 1.88 bits per heavy atom. The van der Waals surface area contributed by atoms with Gasteiger partial charge in [-0.05, 0) is 0 Å². The van der Waals surface area contributed by atoms with Crippen LogP contribution in [0.15, 0.2) is 4.99 Å². The molecule has 3 heteroatoms. The zero-order chi connectivity index (χ0) is 5.98. The van der Waals surface area contributed by atoms with Crippen molar-refractivity contribution in [3.8, 4) is 0 Å². The van der Waals surface area contributed by atoms with Crippen LogP contribution in [0.5, 0.6) is 0 Å². The van der Waals surface area contributed by atoms with Gasteiger partial charge in [-0.2, -0.15) is 0 Å². The van der Waals surface area contributed by atoms with E-state index >= 15 is 0 Å². The van der Waals surface area contributed by atoms with Gasteiger partial charge >= 0.3 is 0 Å². The molecule has 0 aromatic rings. The molecular formula is C5H10N2O. The van der Waals surface area contributed by atoms with Gasteiger partial charge in [0.2, 0.25) is 0 Å². The fourth-order valence-corrected chi connectivity index (χ4v) is 0.750. The lowest BCUT2D eigenvalue weighted by atomic mass is 10.5. The first kappa shape index (κ1) is 5.56. The predicted molar refractivity (Wildman–Crippen MR) is 32.0 cm³/mol. The third kappa shape index (κ3) is 0.816. The second-order valence-corrected chi connectivity index (χ2v) is 1.88. The van der Waals surface area contributed by atoms with Gasteiger partial charge in [0.25, 0.3) is 0 Å². The molecule has 0 bridgehead atoms. The maximum Gasteiger partial charge on any atom is 0.125 e. The van der Waals surface area contributed by atoms with Crippen molar-refractivity contribution in [3.05, 3.63) is 0 Å². The molecule has 0 saturated heterocycles. The van der Waals surface area contributed by atoms with Crippen molar-refractivity contribution < 1.29 is 5.11 Å². The summed E-state index contributed by atoms with van der Waals surface area (Å²) in [5.41, 5.74) is 0. The van der Waals surface area contributed by atoms with Gasteiger partial charge in [-0.25, -0.2) is 0 Å². The van der Waals surface area contributed by atoms with Gasteiger partial charge in [0.1, 0.15) is 12.4 Å². The highest BCUT2D eigenvalue weighted by Crippen LogP contribution is 1.95. The third-order valence-corrected chi connectivity index (χ3v) is 1.31. The van der Waals surface area contributed by atoms with Gasteiger partial charge in [0.05, 0.1) is 6.54 Å². The summed E-state index contributed by atoms with van der Waals surface area (Å²) in [5, 5.41) is 8.56. The number of amidine groups is 1. The lowest BCUT2D eigenvalue weighted by molar-refractivity contribution is 0.340. The average Bonchev–Trinajstić information content (AvgIpc) is 2.14. The van der Waals surface area contributed by atoms with Gasteiger partial charge in [-0.15, -0.1) is 0 Å². The number of aliphatic hydroxyl groups excluding tert-OH is 1. The molecule has 0 radical (unpaired) electrons. The molecule has 1 aliphatic rings. The average molecular weight is 114 g/mol. The van der Waals surface area contributed by atoms with E-state index in [4.69, 9.17) is 5.11 Å². The van der Waals surface area contributed by atoms with Gasteiger partial charge in [-0.3, -0.25) is 4.99 Å². The van der Waals surface area contributed by atoms with Crippen molar-refractivity contribution in [3.63, 3.8) is 0 Å². The van der Waals surface area contributed by atoms with Crippen LogP contribution in [0.2, 0.25) is 0 Å². The zero-order valence-corrected chi connectivity index (χ0v) is 4.96. The van der Waals surface area contributed by atoms with Crippen LogP contribution in [0.25, 0.3) is 0 Å². The van der Waals surface area contributed by atoms with Crippen molar-refractivity contribution in [1.29, 1.82) is 0 Å². The Morgan fingerprint density at radius 2 is 2.62 bits per heavy atom. The van der Waals surface area contributed by atoms with E-state index in [1.165, 1.54) is 0 Å². The number of aliphatic hydroxyl groups is 1. The summed E-state index contributed by atoms with van der Waals surface area (Å²) in [4.78, 5) is 5.99. The topological polar surface area (TPSA) is 35.8 Å². The van der Waals surface area contributed by atoms with E-state index in [1.54, 1.807) is 0 Å². The minimum Gasteiger partial charge on any atom is -0.388 e. The van der Waals surface area contributed by atoms with E-state index < -0.39 is 0 Å². The standard InChI is InChI=1S/C5H10N2O/c1-7-3-2-6-5(7)4-8/h8H,2-4H2,1H3. The molecule has 0 aromatic heterocycles. The molecule has 1 heterocycles. The summed E-state index contributed by atoms with van der Waals surface area (Å²) in [6.45, 7) is 1.87. The van der Waals surface area contributed by atoms with Crippen LogP contribution in [0.4, 0.5) is 0 Å². The quantitative estimate of drug-likeness (QED) is 0.490. The number of hydrogen-bond donors (Lipinski definition) is 1. The molecule has 3 nitrogen and oxygen atoms in total. The minimum absolute atomic E-state index is 0.0799. The lowest BCUT2D eigenvalue weighted by Gasteiger charge is -2.09. The predicted octanol–water partition coefficient (Wildman–Crippen LogP) is -0.677. The Morgan fingerprint density at radius 3 is 2.88 bits per heavy atom. The highest BCUT2D eigenvalue weighted by atomic mass is 16.3. The molecule has 0 saturated carbocycles. The maximum absolute atomic E-state index is 8.56. The number of likely N-dealkylation sites (N-methyl/N-ethyl adjacent to an activating group) is 1. The Hall–Kier alpha value is -0.570. The van der Waals surface area contributed by atoms with Crippen LogP contribution < -0.4 is 0 Å². The van der Waals surface area contributed by atoms with Crippen molar-refractivity contribution in [1.82, 2.24) is 4.90 Å². The number of rotatable bonds is 1. The van der Waals surface area contributed by atoms with Crippen LogP contribution in [0, 0.1) is 0 Å². The molecule has 0 aromatic carbocycles. The van der Waals surface area contributed by atoms with E-state index in [0.717, 1.165) is 18.9 Å². The normalized spacial score (nSPS) is 19.2. The van der Waals surface area contributed by atoms with Crippen LogP contribution in [0.1, 0.15) is 0 Å². The highest BCUT2D eigenvalue weighted by molar-refractivity contribution is 5.84. The molecule has 1 aliphatic heterocycles. The third-order valence-electron chi connectivity index (χ3n) is 1.31. The van der Waals surface area contributed by atoms with Crippen molar-refractivity contribution in [2.24, 2.45) is 4.99 Å². The van der Waals surface area contributed by atoms with Crippen molar-refractivity contribution in [2.45, 2.75) is 0 Å². The van der Waals surface area contributed by atoms with E-state index in [-0.39, 0.29) is 6.61 Å². The number of aliphatic imine (C=N–C) groups is 1.